The summed E-state index contributed by atoms with van der Waals surface area (Å²) in [5, 5.41) is 5.55. The smallest absolute Gasteiger partial charge is 0.284 e. The van der Waals surface area contributed by atoms with Crippen LogP contribution in [0.5, 0.6) is 0 Å². The molecule has 2 N–H and O–H groups in total. The lowest BCUT2D eigenvalue weighted by Crippen LogP contribution is -2.32. The summed E-state index contributed by atoms with van der Waals surface area (Å²) in [6.07, 6.45) is 1.49. The zero-order valence-electron chi connectivity index (χ0n) is 6.50. The zero-order chi connectivity index (χ0) is 8.39. The van der Waals surface area contributed by atoms with Crippen LogP contribution >= 0.6 is 11.8 Å². The molecule has 5 heteroatoms. The molecule has 0 radical (unpaired) electrons. The average Bonchev–Trinajstić information content (AvgIpc) is 2.53. The van der Waals surface area contributed by atoms with Crippen LogP contribution in [0.2, 0.25) is 0 Å². The predicted molar refractivity (Wildman–Crippen MR) is 47.4 cm³/mol. The highest BCUT2D eigenvalue weighted by Gasteiger charge is 2.18. The van der Waals surface area contributed by atoms with Crippen LogP contribution in [0.25, 0.3) is 0 Å². The van der Waals surface area contributed by atoms with Gasteiger partial charge in [0.1, 0.15) is 6.26 Å². The Balaban J connectivity index is 2.18. The van der Waals surface area contributed by atoms with Crippen molar-refractivity contribution in [3.63, 3.8) is 0 Å². The molecule has 2 rings (SSSR count). The number of nitrogens with one attached hydrogen (secondary N) is 2. The van der Waals surface area contributed by atoms with E-state index < -0.39 is 0 Å². The van der Waals surface area contributed by atoms with E-state index in [1.165, 1.54) is 6.26 Å². The second-order valence-electron chi connectivity index (χ2n) is 2.70. The summed E-state index contributed by atoms with van der Waals surface area (Å²) in [4.78, 5) is 11.1. The fraction of sp³-hybridized carbons (Fsp3) is 0.571. The van der Waals surface area contributed by atoms with Gasteiger partial charge in [-0.3, -0.25) is 4.79 Å². The lowest BCUT2D eigenvalue weighted by atomic mass is 10.2. The van der Waals surface area contributed by atoms with E-state index >= 15 is 0 Å². The van der Waals surface area contributed by atoms with Gasteiger partial charge < -0.3 is 9.84 Å². The summed E-state index contributed by atoms with van der Waals surface area (Å²) in [6.45, 7) is 0.958. The Morgan fingerprint density at radius 1 is 1.67 bits per heavy atom. The van der Waals surface area contributed by atoms with Gasteiger partial charge in [-0.2, -0.15) is 16.9 Å². The normalized spacial score (nSPS) is 24.2. The van der Waals surface area contributed by atoms with Gasteiger partial charge in [0, 0.05) is 24.1 Å². The quantitative estimate of drug-likeness (QED) is 0.664. The summed E-state index contributed by atoms with van der Waals surface area (Å²) in [5.74, 6) is 2.06. The van der Waals surface area contributed by atoms with E-state index in [2.05, 4.69) is 10.5 Å². The van der Waals surface area contributed by atoms with Gasteiger partial charge in [-0.25, -0.2) is 0 Å². The summed E-state index contributed by atoms with van der Waals surface area (Å²) in [5.41, 5.74) is 0.595. The number of rotatable bonds is 1. The average molecular weight is 186 g/mol. The third-order valence-electron chi connectivity index (χ3n) is 1.90. The first-order valence-electron chi connectivity index (χ1n) is 3.85. The third-order valence-corrected chi connectivity index (χ3v) is 2.96. The highest BCUT2D eigenvalue weighted by molar-refractivity contribution is 7.99. The van der Waals surface area contributed by atoms with Crippen molar-refractivity contribution < 1.29 is 4.52 Å². The Morgan fingerprint density at radius 3 is 3.17 bits per heavy atom. The minimum absolute atomic E-state index is 0.116. The van der Waals surface area contributed by atoms with Crippen LogP contribution in [0.1, 0.15) is 11.6 Å². The molecular formula is C7H10N2O2S. The zero-order valence-corrected chi connectivity index (χ0v) is 7.32. The maximum atomic E-state index is 11.1. The monoisotopic (exact) mass is 186 g/mol. The number of hydrogen-bond acceptors (Lipinski definition) is 4. The van der Waals surface area contributed by atoms with Gasteiger partial charge in [-0.1, -0.05) is 0 Å². The summed E-state index contributed by atoms with van der Waals surface area (Å²) in [7, 11) is 0. The first-order chi connectivity index (χ1) is 5.88. The van der Waals surface area contributed by atoms with Crippen molar-refractivity contribution in [2.45, 2.75) is 6.04 Å². The van der Waals surface area contributed by atoms with Crippen molar-refractivity contribution in [3.05, 3.63) is 22.2 Å². The molecule has 66 valence electrons. The lowest BCUT2D eigenvalue weighted by Gasteiger charge is -2.20. The number of thioether (sulfide) groups is 1. The molecule has 1 unspecified atom stereocenters. The standard InChI is InChI=1S/C7H10N2O2S/c10-7-5(3-11-9-7)6-4-12-2-1-8-6/h3,6,8H,1-2,4H2,(H,9,10). The van der Waals surface area contributed by atoms with E-state index in [0.29, 0.717) is 5.56 Å². The molecule has 0 saturated carbocycles. The molecular weight excluding hydrogens is 176 g/mol. The molecule has 0 bridgehead atoms. The van der Waals surface area contributed by atoms with Crippen LogP contribution in [-0.4, -0.2) is 23.2 Å². The highest BCUT2D eigenvalue weighted by atomic mass is 32.2. The first kappa shape index (κ1) is 7.94. The second kappa shape index (κ2) is 3.37. The molecule has 1 fully saturated rings. The van der Waals surface area contributed by atoms with Crippen molar-refractivity contribution in [1.82, 2.24) is 10.5 Å². The summed E-state index contributed by atoms with van der Waals surface area (Å²) >= 11 is 1.85. The van der Waals surface area contributed by atoms with Crippen molar-refractivity contribution in [2.75, 3.05) is 18.1 Å². The van der Waals surface area contributed by atoms with Crippen molar-refractivity contribution >= 4 is 11.8 Å². The fourth-order valence-corrected chi connectivity index (χ4v) is 2.23. The minimum atomic E-state index is -0.116. The van der Waals surface area contributed by atoms with E-state index in [-0.39, 0.29) is 11.6 Å². The van der Waals surface area contributed by atoms with Gasteiger partial charge in [0.25, 0.3) is 5.56 Å². The molecule has 1 aliphatic heterocycles. The third kappa shape index (κ3) is 1.42. The van der Waals surface area contributed by atoms with Crippen LogP contribution in [0.15, 0.2) is 15.6 Å². The topological polar surface area (TPSA) is 58.0 Å². The van der Waals surface area contributed by atoms with Gasteiger partial charge in [0.05, 0.1) is 5.56 Å². The maximum absolute atomic E-state index is 11.1. The Hall–Kier alpha value is -0.680. The Morgan fingerprint density at radius 2 is 2.58 bits per heavy atom. The molecule has 0 aromatic carbocycles. The maximum Gasteiger partial charge on any atom is 0.284 e. The van der Waals surface area contributed by atoms with Crippen molar-refractivity contribution in [2.24, 2.45) is 0 Å². The number of aromatic amines is 1. The summed E-state index contributed by atoms with van der Waals surface area (Å²) < 4.78 is 4.71. The SMILES string of the molecule is O=c1[nH]occ1C1CSCCN1. The van der Waals surface area contributed by atoms with Gasteiger partial charge >= 0.3 is 0 Å². The molecule has 0 amide bonds. The number of H-pyrrole nitrogens is 1. The molecule has 1 aromatic heterocycles. The molecule has 0 spiro atoms. The van der Waals surface area contributed by atoms with Crippen LogP contribution in [-0.2, 0) is 0 Å². The molecule has 0 aliphatic carbocycles. The van der Waals surface area contributed by atoms with Gasteiger partial charge in [0.15, 0.2) is 0 Å². The van der Waals surface area contributed by atoms with Gasteiger partial charge in [0.2, 0.25) is 0 Å². The largest absolute Gasteiger partial charge is 0.387 e. The fourth-order valence-electron chi connectivity index (χ4n) is 1.26. The molecule has 1 saturated heterocycles. The Labute approximate surface area is 73.7 Å². The molecule has 2 heterocycles. The number of hydrogen-bond donors (Lipinski definition) is 2. The molecule has 4 nitrogen and oxygen atoms in total. The Kier molecular flexibility index (Phi) is 2.23. The van der Waals surface area contributed by atoms with E-state index in [0.717, 1.165) is 18.1 Å². The second-order valence-corrected chi connectivity index (χ2v) is 3.85. The van der Waals surface area contributed by atoms with Gasteiger partial charge in [-0.15, -0.1) is 0 Å². The number of aromatic nitrogens is 1. The van der Waals surface area contributed by atoms with E-state index in [1.807, 2.05) is 11.8 Å². The molecule has 1 aromatic rings. The predicted octanol–water partition coefficient (Wildman–Crippen LogP) is 0.345. The van der Waals surface area contributed by atoms with Crippen LogP contribution in [0, 0.1) is 0 Å². The van der Waals surface area contributed by atoms with Crippen LogP contribution < -0.4 is 10.9 Å². The van der Waals surface area contributed by atoms with Crippen molar-refractivity contribution in [1.29, 1.82) is 0 Å². The summed E-state index contributed by atoms with van der Waals surface area (Å²) in [6, 6.07) is 0.159. The first-order valence-corrected chi connectivity index (χ1v) is 5.00. The van der Waals surface area contributed by atoms with Crippen molar-refractivity contribution in [3.8, 4) is 0 Å². The van der Waals surface area contributed by atoms with Gasteiger partial charge in [-0.05, 0) is 0 Å². The molecule has 12 heavy (non-hydrogen) atoms. The minimum Gasteiger partial charge on any atom is -0.387 e. The highest BCUT2D eigenvalue weighted by Crippen LogP contribution is 2.18. The van der Waals surface area contributed by atoms with Crippen LogP contribution in [0.3, 0.4) is 0 Å². The van der Waals surface area contributed by atoms with E-state index in [4.69, 9.17) is 4.52 Å². The molecule has 1 atom stereocenters. The lowest BCUT2D eigenvalue weighted by molar-refractivity contribution is 0.412. The van der Waals surface area contributed by atoms with Crippen LogP contribution in [0.4, 0.5) is 0 Å². The van der Waals surface area contributed by atoms with E-state index in [1.54, 1.807) is 0 Å². The Bertz CT molecular complexity index is 300. The molecule has 1 aliphatic rings. The van der Waals surface area contributed by atoms with E-state index in [9.17, 15) is 4.79 Å².